The highest BCUT2D eigenvalue weighted by Crippen LogP contribution is 2.26. The zero-order valence-corrected chi connectivity index (χ0v) is 38.9. The summed E-state index contributed by atoms with van der Waals surface area (Å²) in [5, 5.41) is 72.0. The Morgan fingerprint density at radius 1 is 0.508 bits per heavy atom. The molecule has 14 heteroatoms. The Labute approximate surface area is 388 Å². The first-order chi connectivity index (χ1) is 31.6. The van der Waals surface area contributed by atoms with Crippen LogP contribution in [0.5, 0.6) is 0 Å². The lowest BCUT2D eigenvalue weighted by atomic mass is 9.98. The van der Waals surface area contributed by atoms with E-state index in [1.54, 1.807) is 0 Å². The lowest BCUT2D eigenvalue weighted by molar-refractivity contribution is -0.332. The van der Waals surface area contributed by atoms with E-state index in [1.165, 1.54) is 0 Å². The molecule has 14 nitrogen and oxygen atoms in total. The highest BCUT2D eigenvalue weighted by molar-refractivity contribution is 5.69. The highest BCUT2D eigenvalue weighted by atomic mass is 16.7. The summed E-state index contributed by atoms with van der Waals surface area (Å²) in [4.78, 5) is 12.9. The van der Waals surface area contributed by atoms with Gasteiger partial charge in [0.25, 0.3) is 0 Å². The summed E-state index contributed by atoms with van der Waals surface area (Å²) in [6.45, 7) is 3.26. The number of carbonyl (C=O) groups is 1. The Morgan fingerprint density at radius 2 is 0.954 bits per heavy atom. The van der Waals surface area contributed by atoms with Crippen LogP contribution in [0.4, 0.5) is 0 Å². The molecule has 0 saturated carbocycles. The molecule has 2 aliphatic rings. The fourth-order valence-electron chi connectivity index (χ4n) is 6.73. The number of esters is 1. The van der Waals surface area contributed by atoms with E-state index in [1.807, 2.05) is 0 Å². The first-order valence-corrected chi connectivity index (χ1v) is 23.8. The van der Waals surface area contributed by atoms with Crippen molar-refractivity contribution in [3.8, 4) is 0 Å². The number of hydrogen-bond donors (Lipinski definition) is 7. The number of aliphatic hydroxyl groups excluding tert-OH is 7. The van der Waals surface area contributed by atoms with Gasteiger partial charge in [0.05, 0.1) is 26.4 Å². The summed E-state index contributed by atoms with van der Waals surface area (Å²) in [7, 11) is 0. The third kappa shape index (κ3) is 26.1. The summed E-state index contributed by atoms with van der Waals surface area (Å²) in [6.07, 6.45) is 32.0. The van der Waals surface area contributed by atoms with Crippen LogP contribution in [-0.2, 0) is 33.2 Å². The Morgan fingerprint density at radius 3 is 1.46 bits per heavy atom. The molecule has 2 fully saturated rings. The van der Waals surface area contributed by atoms with Crippen molar-refractivity contribution in [2.24, 2.45) is 0 Å². The maximum Gasteiger partial charge on any atom is 0.306 e. The van der Waals surface area contributed by atoms with Gasteiger partial charge >= 0.3 is 5.97 Å². The molecule has 0 radical (unpaired) electrons. The number of hydrogen-bond acceptors (Lipinski definition) is 14. The largest absolute Gasteiger partial charge is 0.457 e. The van der Waals surface area contributed by atoms with Crippen LogP contribution in [0.1, 0.15) is 117 Å². The Bertz CT molecular complexity index is 1440. The van der Waals surface area contributed by atoms with E-state index in [2.05, 4.69) is 111 Å². The van der Waals surface area contributed by atoms with Crippen molar-refractivity contribution in [1.82, 2.24) is 0 Å². The molecule has 2 aliphatic heterocycles. The third-order valence-corrected chi connectivity index (χ3v) is 10.6. The second kappa shape index (κ2) is 37.9. The van der Waals surface area contributed by atoms with Gasteiger partial charge in [-0.25, -0.2) is 0 Å². The van der Waals surface area contributed by atoms with Crippen LogP contribution < -0.4 is 0 Å². The van der Waals surface area contributed by atoms with Crippen LogP contribution in [-0.4, -0.2) is 142 Å². The fourth-order valence-corrected chi connectivity index (χ4v) is 6.73. The summed E-state index contributed by atoms with van der Waals surface area (Å²) < 4.78 is 34.1. The van der Waals surface area contributed by atoms with Gasteiger partial charge in [0.15, 0.2) is 12.6 Å². The number of ether oxygens (including phenoxy) is 6. The van der Waals surface area contributed by atoms with E-state index in [-0.39, 0.29) is 19.6 Å². The van der Waals surface area contributed by atoms with E-state index < -0.39 is 86.7 Å². The van der Waals surface area contributed by atoms with Gasteiger partial charge in [-0.15, -0.1) is 0 Å². The standard InChI is InChI=1S/C51H82O14/c1-3-5-7-9-11-13-15-17-18-19-20-21-23-25-27-29-31-33-35-60-37-40(63-43(53)34-32-30-28-26-24-22-16-14-12-10-8-6-4-2)38-61-50-49(59)47(57)45(55)42(65-50)39-62-51-48(58)46(56)44(54)41(36-52)64-51/h5-8,11-14,17-18,20-22,24-25,27,40-42,44-52,54-59H,3-4,9-10,15-16,19,23,26,28-39H2,1-2H3/b7-5-,8-6-,13-11-,14-12-,18-17-,21-20-,24-22-,27-25-. The minimum Gasteiger partial charge on any atom is -0.457 e. The van der Waals surface area contributed by atoms with Crippen LogP contribution in [0.3, 0.4) is 0 Å². The van der Waals surface area contributed by atoms with Crippen molar-refractivity contribution in [2.45, 2.75) is 184 Å². The van der Waals surface area contributed by atoms with E-state index in [0.717, 1.165) is 89.9 Å². The van der Waals surface area contributed by atoms with Crippen LogP contribution >= 0.6 is 0 Å². The predicted molar refractivity (Wildman–Crippen MR) is 251 cm³/mol. The lowest BCUT2D eigenvalue weighted by Gasteiger charge is -2.42. The molecule has 0 aromatic rings. The molecular formula is C51H82O14. The molecule has 0 aromatic heterocycles. The number of aliphatic hydroxyl groups is 7. The SMILES string of the molecule is CC/C=C\C/C=C\C/C=C\C/C=C\C/C=C\CCCCOCC(COC1OC(COC2OC(CO)C(O)C(O)C2O)C(O)C(O)C1O)OC(=O)CCCCC/C=C\C/C=C\C/C=C\CC. The lowest BCUT2D eigenvalue weighted by Crippen LogP contribution is -2.61. The number of unbranched alkanes of at least 4 members (excludes halogenated alkanes) is 5. The van der Waals surface area contributed by atoms with Gasteiger partial charge in [-0.05, 0) is 89.9 Å². The van der Waals surface area contributed by atoms with Gasteiger partial charge in [-0.1, -0.05) is 117 Å². The number of rotatable bonds is 35. The molecular weight excluding hydrogens is 837 g/mol. The van der Waals surface area contributed by atoms with Crippen molar-refractivity contribution in [2.75, 3.05) is 33.0 Å². The molecule has 0 spiro atoms. The molecule has 65 heavy (non-hydrogen) atoms. The maximum absolute atomic E-state index is 12.9. The van der Waals surface area contributed by atoms with Gasteiger partial charge in [-0.2, -0.15) is 0 Å². The highest BCUT2D eigenvalue weighted by Gasteiger charge is 2.47. The van der Waals surface area contributed by atoms with Gasteiger partial charge in [0.2, 0.25) is 0 Å². The Balaban J connectivity index is 1.83. The van der Waals surface area contributed by atoms with Crippen molar-refractivity contribution >= 4 is 5.97 Å². The first kappa shape index (κ1) is 58.0. The van der Waals surface area contributed by atoms with E-state index in [4.69, 9.17) is 28.4 Å². The van der Waals surface area contributed by atoms with E-state index >= 15 is 0 Å². The van der Waals surface area contributed by atoms with Crippen molar-refractivity contribution in [3.05, 3.63) is 97.2 Å². The third-order valence-electron chi connectivity index (χ3n) is 10.6. The predicted octanol–water partition coefficient (Wildman–Crippen LogP) is 6.29. The minimum atomic E-state index is -1.73. The van der Waals surface area contributed by atoms with Gasteiger partial charge in [0, 0.05) is 13.0 Å². The average Bonchev–Trinajstić information content (AvgIpc) is 3.30. The molecule has 11 unspecified atom stereocenters. The molecule has 0 aliphatic carbocycles. The second-order valence-electron chi connectivity index (χ2n) is 16.2. The molecule has 0 amide bonds. The van der Waals surface area contributed by atoms with E-state index in [9.17, 15) is 40.5 Å². The molecule has 2 heterocycles. The summed E-state index contributed by atoms with van der Waals surface area (Å²) in [6, 6.07) is 0. The molecule has 2 saturated heterocycles. The van der Waals surface area contributed by atoms with Crippen molar-refractivity contribution < 1.29 is 69.0 Å². The molecule has 7 N–H and O–H groups in total. The van der Waals surface area contributed by atoms with Crippen LogP contribution in [0.25, 0.3) is 0 Å². The van der Waals surface area contributed by atoms with Crippen LogP contribution in [0.2, 0.25) is 0 Å². The van der Waals surface area contributed by atoms with Gasteiger partial charge < -0.3 is 64.2 Å². The zero-order chi connectivity index (χ0) is 47.3. The number of carbonyl (C=O) groups excluding carboxylic acids is 1. The second-order valence-corrected chi connectivity index (χ2v) is 16.2. The maximum atomic E-state index is 12.9. The van der Waals surface area contributed by atoms with Crippen molar-refractivity contribution in [3.63, 3.8) is 0 Å². The monoisotopic (exact) mass is 919 g/mol. The normalized spacial score (nSPS) is 27.4. The van der Waals surface area contributed by atoms with Crippen LogP contribution in [0.15, 0.2) is 97.2 Å². The van der Waals surface area contributed by atoms with Crippen molar-refractivity contribution in [1.29, 1.82) is 0 Å². The summed E-state index contributed by atoms with van der Waals surface area (Å²) in [5.74, 6) is -0.426. The Kier molecular flexibility index (Phi) is 33.9. The van der Waals surface area contributed by atoms with E-state index in [0.29, 0.717) is 13.0 Å². The zero-order valence-electron chi connectivity index (χ0n) is 38.9. The quantitative estimate of drug-likeness (QED) is 0.0212. The van der Waals surface area contributed by atoms with Gasteiger partial charge in [0.1, 0.15) is 54.9 Å². The number of allylic oxidation sites excluding steroid dienone is 16. The van der Waals surface area contributed by atoms with Crippen LogP contribution in [0, 0.1) is 0 Å². The summed E-state index contributed by atoms with van der Waals surface area (Å²) >= 11 is 0. The fraction of sp³-hybridized carbons (Fsp3) is 0.667. The topological polar surface area (TPSA) is 214 Å². The summed E-state index contributed by atoms with van der Waals surface area (Å²) in [5.41, 5.74) is 0. The average molecular weight is 919 g/mol. The van der Waals surface area contributed by atoms with Gasteiger partial charge in [-0.3, -0.25) is 4.79 Å². The minimum absolute atomic E-state index is 0.0131. The Hall–Kier alpha value is -3.09. The molecule has 2 rings (SSSR count). The molecule has 370 valence electrons. The molecule has 0 aromatic carbocycles. The first-order valence-electron chi connectivity index (χ1n) is 23.8. The molecule has 0 bridgehead atoms. The molecule has 11 atom stereocenters. The smallest absolute Gasteiger partial charge is 0.306 e.